The first-order valence-electron chi connectivity index (χ1n) is 4.99. The molecule has 0 aliphatic rings. The van der Waals surface area contributed by atoms with Crippen LogP contribution in [0.5, 0.6) is 0 Å². The molecule has 3 nitrogen and oxygen atoms in total. The molecule has 0 amide bonds. The number of nitrogens with zero attached hydrogens (tertiary/aromatic N) is 1. The fourth-order valence-corrected chi connectivity index (χ4v) is 1.16. The van der Waals surface area contributed by atoms with Crippen LogP contribution in [0.1, 0.15) is 13.8 Å². The van der Waals surface area contributed by atoms with Crippen LogP contribution in [0.4, 0.5) is 0 Å². The van der Waals surface area contributed by atoms with Gasteiger partial charge < -0.3 is 4.42 Å². The minimum atomic E-state index is -0.334. The van der Waals surface area contributed by atoms with Crippen LogP contribution in [0.25, 0.3) is 11.3 Å². The van der Waals surface area contributed by atoms with Crippen molar-refractivity contribution in [2.75, 3.05) is 0 Å². The number of aromatic nitrogens is 1. The summed E-state index contributed by atoms with van der Waals surface area (Å²) in [5, 5.41) is 0. The molecule has 0 bridgehead atoms. The molecule has 0 saturated heterocycles. The fraction of sp³-hybridized carbons (Fsp3) is 0.250. The van der Waals surface area contributed by atoms with E-state index in [2.05, 4.69) is 0 Å². The van der Waals surface area contributed by atoms with Gasteiger partial charge >= 0.3 is 5.76 Å². The number of hydrogen-bond acceptors (Lipinski definition) is 2. The van der Waals surface area contributed by atoms with E-state index < -0.39 is 0 Å². The van der Waals surface area contributed by atoms with Gasteiger partial charge in [-0.1, -0.05) is 44.2 Å². The van der Waals surface area contributed by atoms with Crippen molar-refractivity contribution in [2.45, 2.75) is 13.8 Å². The highest BCUT2D eigenvalue weighted by molar-refractivity contribution is 5.55. The number of hydrogen-bond donors (Lipinski definition) is 0. The zero-order valence-corrected chi connectivity index (χ0v) is 9.23. The Balaban J connectivity index is 0.000000531. The average molecular weight is 205 g/mol. The molecule has 80 valence electrons. The number of rotatable bonds is 1. The van der Waals surface area contributed by atoms with E-state index in [9.17, 15) is 4.79 Å². The van der Waals surface area contributed by atoms with Crippen LogP contribution < -0.4 is 5.76 Å². The van der Waals surface area contributed by atoms with Crippen molar-refractivity contribution in [2.24, 2.45) is 7.05 Å². The van der Waals surface area contributed by atoms with Gasteiger partial charge in [0.05, 0.1) is 6.20 Å². The molecule has 0 atom stereocenters. The molecule has 2 rings (SSSR count). The maximum atomic E-state index is 11.0. The summed E-state index contributed by atoms with van der Waals surface area (Å²) >= 11 is 0. The van der Waals surface area contributed by atoms with Gasteiger partial charge in [-0.15, -0.1) is 0 Å². The van der Waals surface area contributed by atoms with Crippen molar-refractivity contribution in [1.82, 2.24) is 4.57 Å². The summed E-state index contributed by atoms with van der Waals surface area (Å²) in [7, 11) is 1.66. The van der Waals surface area contributed by atoms with Gasteiger partial charge in [-0.2, -0.15) is 0 Å². The maximum Gasteiger partial charge on any atom is 0.419 e. The standard InChI is InChI=1S/C10H9NO2.C2H6/c1-11-7-9(13-10(11)12)8-5-3-2-4-6-8;1-2/h2-7H,1H3;1-2H3. The van der Waals surface area contributed by atoms with E-state index in [1.54, 1.807) is 13.2 Å². The molecule has 0 radical (unpaired) electrons. The third-order valence-corrected chi connectivity index (χ3v) is 1.85. The summed E-state index contributed by atoms with van der Waals surface area (Å²) in [6.45, 7) is 4.00. The highest BCUT2D eigenvalue weighted by atomic mass is 16.4. The zero-order valence-electron chi connectivity index (χ0n) is 9.23. The Labute approximate surface area is 89.0 Å². The van der Waals surface area contributed by atoms with Crippen LogP contribution in [0.3, 0.4) is 0 Å². The van der Waals surface area contributed by atoms with Crippen LogP contribution in [-0.4, -0.2) is 4.57 Å². The van der Waals surface area contributed by atoms with Gasteiger partial charge in [0.15, 0.2) is 5.76 Å². The third kappa shape index (κ3) is 2.59. The van der Waals surface area contributed by atoms with Gasteiger partial charge in [-0.3, -0.25) is 4.57 Å². The van der Waals surface area contributed by atoms with Gasteiger partial charge in [0.25, 0.3) is 0 Å². The summed E-state index contributed by atoms with van der Waals surface area (Å²) in [4.78, 5) is 11.0. The van der Waals surface area contributed by atoms with E-state index in [0.717, 1.165) is 5.56 Å². The van der Waals surface area contributed by atoms with Crippen LogP contribution >= 0.6 is 0 Å². The summed E-state index contributed by atoms with van der Waals surface area (Å²) < 4.78 is 6.43. The number of benzene rings is 1. The first-order chi connectivity index (χ1) is 7.27. The smallest absolute Gasteiger partial charge is 0.408 e. The van der Waals surface area contributed by atoms with Gasteiger partial charge in [-0.05, 0) is 0 Å². The second-order valence-electron chi connectivity index (χ2n) is 2.84. The van der Waals surface area contributed by atoms with Crippen LogP contribution in [0, 0.1) is 0 Å². The lowest BCUT2D eigenvalue weighted by atomic mass is 10.2. The fourth-order valence-electron chi connectivity index (χ4n) is 1.16. The van der Waals surface area contributed by atoms with E-state index in [1.807, 2.05) is 44.2 Å². The van der Waals surface area contributed by atoms with E-state index >= 15 is 0 Å². The average Bonchev–Trinajstić information content (AvgIpc) is 2.63. The molecule has 0 N–H and O–H groups in total. The molecule has 3 heteroatoms. The molecule has 1 heterocycles. The Morgan fingerprint density at radius 3 is 2.20 bits per heavy atom. The Hall–Kier alpha value is -1.77. The van der Waals surface area contributed by atoms with Gasteiger partial charge in [0.2, 0.25) is 0 Å². The molecule has 0 aliphatic heterocycles. The van der Waals surface area contributed by atoms with Crippen molar-refractivity contribution < 1.29 is 4.42 Å². The highest BCUT2D eigenvalue weighted by Gasteiger charge is 2.03. The quantitative estimate of drug-likeness (QED) is 0.717. The lowest BCUT2D eigenvalue weighted by Crippen LogP contribution is -2.06. The predicted molar refractivity (Wildman–Crippen MR) is 60.7 cm³/mol. The Morgan fingerprint density at radius 1 is 1.13 bits per heavy atom. The number of aryl methyl sites for hydroxylation is 1. The normalized spacial score (nSPS) is 9.27. The molecule has 2 aromatic rings. The minimum Gasteiger partial charge on any atom is -0.408 e. The topological polar surface area (TPSA) is 35.1 Å². The summed E-state index contributed by atoms with van der Waals surface area (Å²) in [5.74, 6) is 0.270. The summed E-state index contributed by atoms with van der Waals surface area (Å²) in [6.07, 6.45) is 1.68. The lowest BCUT2D eigenvalue weighted by molar-refractivity contribution is 0.506. The minimum absolute atomic E-state index is 0.334. The van der Waals surface area contributed by atoms with Crippen LogP contribution in [0.2, 0.25) is 0 Å². The maximum absolute atomic E-state index is 11.0. The van der Waals surface area contributed by atoms with Crippen LogP contribution in [-0.2, 0) is 7.05 Å². The molecule has 0 aliphatic carbocycles. The lowest BCUT2D eigenvalue weighted by Gasteiger charge is -1.91. The first kappa shape index (κ1) is 11.3. The largest absolute Gasteiger partial charge is 0.419 e. The van der Waals surface area contributed by atoms with E-state index in [-0.39, 0.29) is 5.76 Å². The molecule has 1 aromatic carbocycles. The van der Waals surface area contributed by atoms with Crippen molar-refractivity contribution in [3.05, 3.63) is 47.1 Å². The first-order valence-corrected chi connectivity index (χ1v) is 4.99. The van der Waals surface area contributed by atoms with Gasteiger partial charge in [-0.25, -0.2) is 4.79 Å². The van der Waals surface area contributed by atoms with Gasteiger partial charge in [0, 0.05) is 12.6 Å². The van der Waals surface area contributed by atoms with Crippen molar-refractivity contribution in [3.8, 4) is 11.3 Å². The molecular formula is C12H15NO2. The summed E-state index contributed by atoms with van der Waals surface area (Å²) in [5.41, 5.74) is 0.917. The van der Waals surface area contributed by atoms with Crippen molar-refractivity contribution in [1.29, 1.82) is 0 Å². The Bertz CT molecular complexity index is 454. The molecule has 1 aromatic heterocycles. The van der Waals surface area contributed by atoms with E-state index in [4.69, 9.17) is 4.42 Å². The molecule has 15 heavy (non-hydrogen) atoms. The van der Waals surface area contributed by atoms with E-state index in [1.165, 1.54) is 4.57 Å². The van der Waals surface area contributed by atoms with Gasteiger partial charge in [0.1, 0.15) is 0 Å². The Kier molecular flexibility index (Phi) is 3.92. The van der Waals surface area contributed by atoms with Crippen molar-refractivity contribution in [3.63, 3.8) is 0 Å². The number of oxazole rings is 1. The zero-order chi connectivity index (χ0) is 11.3. The van der Waals surface area contributed by atoms with Crippen molar-refractivity contribution >= 4 is 0 Å². The summed E-state index contributed by atoms with van der Waals surface area (Å²) in [6, 6.07) is 9.53. The highest BCUT2D eigenvalue weighted by Crippen LogP contribution is 2.16. The monoisotopic (exact) mass is 205 g/mol. The SMILES string of the molecule is CC.Cn1cc(-c2ccccc2)oc1=O. The molecular weight excluding hydrogens is 190 g/mol. The molecule has 0 saturated carbocycles. The predicted octanol–water partition coefficient (Wildman–Crippen LogP) is 2.67. The molecule has 0 unspecified atom stereocenters. The molecule has 0 fully saturated rings. The van der Waals surface area contributed by atoms with Crippen LogP contribution in [0.15, 0.2) is 45.7 Å². The van der Waals surface area contributed by atoms with E-state index in [0.29, 0.717) is 5.76 Å². The second-order valence-corrected chi connectivity index (χ2v) is 2.84. The second kappa shape index (κ2) is 5.20. The Morgan fingerprint density at radius 2 is 1.73 bits per heavy atom. The molecule has 0 spiro atoms. The third-order valence-electron chi connectivity index (χ3n) is 1.85.